The summed E-state index contributed by atoms with van der Waals surface area (Å²) in [6.07, 6.45) is 13.0. The number of hydrogen-bond donors (Lipinski definition) is 2. The summed E-state index contributed by atoms with van der Waals surface area (Å²) in [4.78, 5) is 33.7. The standard InChI is InChI=1S/C23H35NO4S/c1-17(2)8-6-9-18(3)10-7-11-19(4)14-15-29-16-21(23(27)28)24-22(26)13-12-20(5)25/h8,10,12-14,21H,6-7,9,11,15-16H2,1-5H3,(H,24,26)(H,27,28)/b13-12+,18-10+,19-14+/t21-/m0/s1. The Morgan fingerprint density at radius 2 is 1.48 bits per heavy atom. The van der Waals surface area contributed by atoms with E-state index in [0.717, 1.165) is 37.8 Å². The first-order valence-corrected chi connectivity index (χ1v) is 11.0. The van der Waals surface area contributed by atoms with Crippen LogP contribution in [-0.4, -0.2) is 40.3 Å². The molecule has 0 saturated heterocycles. The largest absolute Gasteiger partial charge is 0.480 e. The van der Waals surface area contributed by atoms with E-state index in [0.29, 0.717) is 5.75 Å². The number of allylic oxidation sites excluding steroid dienone is 6. The molecule has 0 saturated carbocycles. The summed E-state index contributed by atoms with van der Waals surface area (Å²) in [6.45, 7) is 9.80. The number of nitrogens with one attached hydrogen (secondary N) is 1. The van der Waals surface area contributed by atoms with Crippen LogP contribution >= 0.6 is 11.8 Å². The fraction of sp³-hybridized carbons (Fsp3) is 0.522. The predicted octanol–water partition coefficient (Wildman–Crippen LogP) is 4.85. The van der Waals surface area contributed by atoms with Gasteiger partial charge in [0.05, 0.1) is 0 Å². The summed E-state index contributed by atoms with van der Waals surface area (Å²) in [7, 11) is 0. The van der Waals surface area contributed by atoms with Crippen LogP contribution < -0.4 is 5.32 Å². The van der Waals surface area contributed by atoms with E-state index in [1.165, 1.54) is 35.4 Å². The van der Waals surface area contributed by atoms with Gasteiger partial charge in [-0.1, -0.05) is 34.9 Å². The number of rotatable bonds is 14. The van der Waals surface area contributed by atoms with Crippen molar-refractivity contribution >= 4 is 29.4 Å². The minimum atomic E-state index is -1.09. The van der Waals surface area contributed by atoms with Crippen molar-refractivity contribution in [3.8, 4) is 0 Å². The number of hydrogen-bond acceptors (Lipinski definition) is 4. The van der Waals surface area contributed by atoms with E-state index >= 15 is 0 Å². The summed E-state index contributed by atoms with van der Waals surface area (Å²) in [5.74, 6) is -0.969. The lowest BCUT2D eigenvalue weighted by Crippen LogP contribution is -2.42. The average Bonchev–Trinajstić information content (AvgIpc) is 2.61. The van der Waals surface area contributed by atoms with E-state index in [1.54, 1.807) is 0 Å². The highest BCUT2D eigenvalue weighted by Crippen LogP contribution is 2.13. The van der Waals surface area contributed by atoms with Crippen molar-refractivity contribution < 1.29 is 19.5 Å². The molecule has 5 nitrogen and oxygen atoms in total. The maximum absolute atomic E-state index is 11.6. The molecule has 6 heteroatoms. The van der Waals surface area contributed by atoms with E-state index in [-0.39, 0.29) is 11.5 Å². The van der Waals surface area contributed by atoms with Gasteiger partial charge in [-0.2, -0.15) is 11.8 Å². The first-order valence-electron chi connectivity index (χ1n) is 9.86. The monoisotopic (exact) mass is 421 g/mol. The highest BCUT2D eigenvalue weighted by atomic mass is 32.2. The Balaban J connectivity index is 4.27. The van der Waals surface area contributed by atoms with Crippen molar-refractivity contribution in [3.63, 3.8) is 0 Å². The van der Waals surface area contributed by atoms with E-state index in [1.807, 2.05) is 0 Å². The minimum Gasteiger partial charge on any atom is -0.480 e. The Kier molecular flexibility index (Phi) is 14.7. The molecule has 0 aliphatic carbocycles. The molecular formula is C23H35NO4S. The number of aliphatic carboxylic acids is 1. The second kappa shape index (κ2) is 15.8. The smallest absolute Gasteiger partial charge is 0.327 e. The lowest BCUT2D eigenvalue weighted by molar-refractivity contribution is -0.140. The van der Waals surface area contributed by atoms with Crippen LogP contribution in [0.5, 0.6) is 0 Å². The van der Waals surface area contributed by atoms with Gasteiger partial charge in [0.15, 0.2) is 5.78 Å². The SMILES string of the molecule is CC(=O)/C=C/C(=O)N[C@@H](CSC/C=C(\C)CC/C=C(\C)CCC=C(C)C)C(=O)O. The molecule has 2 N–H and O–H groups in total. The Morgan fingerprint density at radius 1 is 0.897 bits per heavy atom. The Bertz CT molecular complexity index is 670. The van der Waals surface area contributed by atoms with Crippen molar-refractivity contribution in [3.05, 3.63) is 47.1 Å². The van der Waals surface area contributed by atoms with Gasteiger partial charge in [0.2, 0.25) is 5.91 Å². The number of thioether (sulfide) groups is 1. The fourth-order valence-corrected chi connectivity index (χ4v) is 3.31. The molecule has 162 valence electrons. The van der Waals surface area contributed by atoms with Gasteiger partial charge < -0.3 is 10.4 Å². The van der Waals surface area contributed by atoms with Gasteiger partial charge >= 0.3 is 5.97 Å². The maximum atomic E-state index is 11.6. The van der Waals surface area contributed by atoms with Crippen molar-refractivity contribution in [2.24, 2.45) is 0 Å². The van der Waals surface area contributed by atoms with E-state index in [9.17, 15) is 19.5 Å². The topological polar surface area (TPSA) is 83.5 Å². The molecule has 1 amide bonds. The number of carbonyl (C=O) groups excluding carboxylic acids is 2. The molecule has 0 radical (unpaired) electrons. The van der Waals surface area contributed by atoms with Gasteiger partial charge in [0, 0.05) is 17.6 Å². The number of amides is 1. The zero-order chi connectivity index (χ0) is 22.2. The van der Waals surface area contributed by atoms with Crippen molar-refractivity contribution in [2.75, 3.05) is 11.5 Å². The summed E-state index contributed by atoms with van der Waals surface area (Å²) >= 11 is 1.45. The molecule has 0 aliphatic heterocycles. The molecule has 29 heavy (non-hydrogen) atoms. The number of carboxylic acids is 1. The lowest BCUT2D eigenvalue weighted by atomic mass is 10.1. The maximum Gasteiger partial charge on any atom is 0.327 e. The van der Waals surface area contributed by atoms with Crippen LogP contribution in [0.3, 0.4) is 0 Å². The molecule has 0 rings (SSSR count). The molecule has 0 aromatic rings. The third-order valence-electron chi connectivity index (χ3n) is 4.04. The highest BCUT2D eigenvalue weighted by molar-refractivity contribution is 7.99. The first-order chi connectivity index (χ1) is 13.6. The molecule has 0 fully saturated rings. The van der Waals surface area contributed by atoms with Gasteiger partial charge in [-0.25, -0.2) is 4.79 Å². The van der Waals surface area contributed by atoms with Gasteiger partial charge in [-0.3, -0.25) is 9.59 Å². The van der Waals surface area contributed by atoms with Gasteiger partial charge in [0.25, 0.3) is 0 Å². The second-order valence-corrected chi connectivity index (χ2v) is 8.42. The molecule has 0 aromatic carbocycles. The van der Waals surface area contributed by atoms with Crippen LogP contribution in [0.2, 0.25) is 0 Å². The normalized spacial score (nSPS) is 13.3. The van der Waals surface area contributed by atoms with Crippen LogP contribution in [0.25, 0.3) is 0 Å². The molecule has 1 atom stereocenters. The molecular weight excluding hydrogens is 386 g/mol. The van der Waals surface area contributed by atoms with Crippen LogP contribution in [0.15, 0.2) is 47.1 Å². The zero-order valence-electron chi connectivity index (χ0n) is 18.3. The van der Waals surface area contributed by atoms with Crippen LogP contribution in [0.1, 0.15) is 60.3 Å². The molecule has 0 unspecified atom stereocenters. The minimum absolute atomic E-state index is 0.264. The second-order valence-electron chi connectivity index (χ2n) is 7.34. The molecule has 0 aromatic heterocycles. The van der Waals surface area contributed by atoms with Gasteiger partial charge in [-0.15, -0.1) is 0 Å². The van der Waals surface area contributed by atoms with Crippen molar-refractivity contribution in [1.29, 1.82) is 0 Å². The molecule has 0 spiro atoms. The van der Waals surface area contributed by atoms with Crippen LogP contribution in [0, 0.1) is 0 Å². The van der Waals surface area contributed by atoms with E-state index < -0.39 is 17.9 Å². The Labute approximate surface area is 179 Å². The molecule has 0 heterocycles. The van der Waals surface area contributed by atoms with Gasteiger partial charge in [0.1, 0.15) is 6.04 Å². The highest BCUT2D eigenvalue weighted by Gasteiger charge is 2.18. The summed E-state index contributed by atoms with van der Waals surface area (Å²) in [6, 6.07) is -0.982. The van der Waals surface area contributed by atoms with Crippen molar-refractivity contribution in [2.45, 2.75) is 66.3 Å². The third kappa shape index (κ3) is 16.6. The Morgan fingerprint density at radius 3 is 2.03 bits per heavy atom. The predicted molar refractivity (Wildman–Crippen MR) is 122 cm³/mol. The summed E-state index contributed by atoms with van der Waals surface area (Å²) in [5.41, 5.74) is 4.03. The zero-order valence-corrected chi connectivity index (χ0v) is 19.1. The number of carbonyl (C=O) groups is 3. The summed E-state index contributed by atoms with van der Waals surface area (Å²) in [5, 5.41) is 11.6. The van der Waals surface area contributed by atoms with E-state index in [2.05, 4.69) is 51.2 Å². The third-order valence-corrected chi connectivity index (χ3v) is 5.01. The van der Waals surface area contributed by atoms with Gasteiger partial charge in [-0.05, 0) is 66.4 Å². The fourth-order valence-electron chi connectivity index (χ4n) is 2.31. The first kappa shape index (κ1) is 26.9. The number of ketones is 1. The summed E-state index contributed by atoms with van der Waals surface area (Å²) < 4.78 is 0. The Hall–Kier alpha value is -2.08. The van der Waals surface area contributed by atoms with E-state index in [4.69, 9.17) is 0 Å². The quantitative estimate of drug-likeness (QED) is 0.238. The molecule has 0 bridgehead atoms. The van der Waals surface area contributed by atoms with Crippen LogP contribution in [-0.2, 0) is 14.4 Å². The van der Waals surface area contributed by atoms with Crippen LogP contribution in [0.4, 0.5) is 0 Å². The van der Waals surface area contributed by atoms with Crippen molar-refractivity contribution in [1.82, 2.24) is 5.32 Å². The lowest BCUT2D eigenvalue weighted by Gasteiger charge is -2.12. The average molecular weight is 422 g/mol. The number of carboxylic acid groups (broad SMARTS) is 1. The molecule has 0 aliphatic rings.